The van der Waals surface area contributed by atoms with Gasteiger partial charge >= 0.3 is 5.97 Å². The minimum Gasteiger partial charge on any atom is -0.481 e. The predicted molar refractivity (Wildman–Crippen MR) is 175 cm³/mol. The number of piperidine rings is 1. The van der Waals surface area contributed by atoms with E-state index in [4.69, 9.17) is 15.5 Å². The van der Waals surface area contributed by atoms with Crippen LogP contribution in [0.25, 0.3) is 33.2 Å². The molecule has 13 heteroatoms. The summed E-state index contributed by atoms with van der Waals surface area (Å²) in [6, 6.07) is 19.8. The molecule has 5 aromatic rings. The maximum Gasteiger partial charge on any atom is 0.306 e. The Kier molecular flexibility index (Phi) is 9.18. The van der Waals surface area contributed by atoms with Crippen molar-refractivity contribution in [3.63, 3.8) is 0 Å². The lowest BCUT2D eigenvalue weighted by Crippen LogP contribution is -2.40. The molecule has 3 aromatic carbocycles. The Morgan fingerprint density at radius 2 is 1.72 bits per heavy atom. The molecule has 0 radical (unpaired) electrons. The second-order valence-electron chi connectivity index (χ2n) is 10.9. The number of nitrogen functional groups attached to an aromatic ring is 1. The normalized spacial score (nSPS) is 13.5. The van der Waals surface area contributed by atoms with E-state index in [0.29, 0.717) is 59.6 Å². The highest BCUT2D eigenvalue weighted by molar-refractivity contribution is 8.00. The largest absolute Gasteiger partial charge is 0.481 e. The third-order valence-electron chi connectivity index (χ3n) is 7.93. The summed E-state index contributed by atoms with van der Waals surface area (Å²) < 4.78 is 30.6. The number of likely N-dealkylation sites (tertiary alicyclic amines) is 1. The second kappa shape index (κ2) is 13.6. The molecule has 6 rings (SSSR count). The van der Waals surface area contributed by atoms with Crippen molar-refractivity contribution in [3.8, 4) is 28.1 Å². The number of anilines is 2. The van der Waals surface area contributed by atoms with Crippen LogP contribution in [0, 0.1) is 17.6 Å². The molecule has 0 atom stereocenters. The van der Waals surface area contributed by atoms with Gasteiger partial charge in [-0.1, -0.05) is 18.2 Å². The van der Waals surface area contributed by atoms with Gasteiger partial charge in [-0.15, -0.1) is 0 Å². The number of nitrogens with one attached hydrogen (secondary N) is 1. The fourth-order valence-corrected chi connectivity index (χ4v) is 6.06. The van der Waals surface area contributed by atoms with Gasteiger partial charge < -0.3 is 25.3 Å². The average molecular weight is 658 g/mol. The van der Waals surface area contributed by atoms with Crippen molar-refractivity contribution in [3.05, 3.63) is 96.2 Å². The number of carboxylic acid groups (broad SMARTS) is 1. The lowest BCUT2D eigenvalue weighted by Gasteiger charge is -2.30. The maximum absolute atomic E-state index is 14.2. The number of fused-ring (bicyclic) bond motifs is 1. The summed E-state index contributed by atoms with van der Waals surface area (Å²) in [7, 11) is 1.34. The molecule has 0 aliphatic carbocycles. The SMILES string of the molecule is COOc1ncc(-c2ccc3nc(N)c(-c4ccc(C(=O)N5CCC(C(=O)O)CC5)cc4)cc3c2)cc1NSc1ccc(F)cc1F. The number of hydrogen-bond acceptors (Lipinski definition) is 9. The first-order valence-electron chi connectivity index (χ1n) is 14.6. The zero-order valence-corrected chi connectivity index (χ0v) is 25.9. The summed E-state index contributed by atoms with van der Waals surface area (Å²) in [5, 5.41) is 10.0. The standard InChI is InChI=1S/C34H29F2N5O5S/c1-45-46-32-29(40-47-30-9-7-25(35)17-27(30)36)16-24(18-38-32)22-6-8-28-23(14-22)15-26(31(37)39-28)19-2-4-20(5-3-19)33(42)41-12-10-21(11-13-41)34(43)44/h2-9,14-18,21,40H,10-13H2,1H3,(H2,37,39)(H,43,44). The predicted octanol–water partition coefficient (Wildman–Crippen LogP) is 6.82. The zero-order valence-electron chi connectivity index (χ0n) is 25.1. The number of hydrogen-bond donors (Lipinski definition) is 3. The highest BCUT2D eigenvalue weighted by Crippen LogP contribution is 2.35. The van der Waals surface area contributed by atoms with E-state index in [1.165, 1.54) is 19.2 Å². The van der Waals surface area contributed by atoms with Gasteiger partial charge in [0.15, 0.2) is 0 Å². The lowest BCUT2D eigenvalue weighted by molar-refractivity contribution is -0.180. The van der Waals surface area contributed by atoms with Gasteiger partial charge in [-0.2, -0.15) is 4.89 Å². The molecular weight excluding hydrogens is 628 g/mol. The fraction of sp³-hybridized carbons (Fsp3) is 0.176. The molecule has 0 spiro atoms. The quantitative estimate of drug-likeness (QED) is 0.0879. The number of carboxylic acids is 1. The van der Waals surface area contributed by atoms with Crippen LogP contribution >= 0.6 is 11.9 Å². The molecule has 1 fully saturated rings. The number of carbonyl (C=O) groups is 2. The maximum atomic E-state index is 14.2. The lowest BCUT2D eigenvalue weighted by atomic mass is 9.96. The third kappa shape index (κ3) is 6.95. The molecule has 1 aliphatic heterocycles. The van der Waals surface area contributed by atoms with Crippen molar-refractivity contribution in [1.29, 1.82) is 0 Å². The van der Waals surface area contributed by atoms with Crippen LogP contribution in [0.4, 0.5) is 20.3 Å². The number of nitrogens with two attached hydrogens (primary N) is 1. The highest BCUT2D eigenvalue weighted by atomic mass is 32.2. The number of amides is 1. The minimum absolute atomic E-state index is 0.121. The molecule has 1 aliphatic rings. The van der Waals surface area contributed by atoms with E-state index >= 15 is 0 Å². The number of aliphatic carboxylic acids is 1. The first kappa shape index (κ1) is 31.7. The Labute approximate surface area is 272 Å². The van der Waals surface area contributed by atoms with Gasteiger partial charge in [-0.3, -0.25) is 9.59 Å². The number of aromatic nitrogens is 2. The van der Waals surface area contributed by atoms with Crippen molar-refractivity contribution in [2.75, 3.05) is 30.7 Å². The number of halogens is 2. The Morgan fingerprint density at radius 1 is 0.979 bits per heavy atom. The molecule has 3 heterocycles. The van der Waals surface area contributed by atoms with Gasteiger partial charge in [0.25, 0.3) is 11.8 Å². The van der Waals surface area contributed by atoms with Gasteiger partial charge in [0.1, 0.15) is 23.1 Å². The summed E-state index contributed by atoms with van der Waals surface area (Å²) in [5.41, 5.74) is 10.9. The number of carbonyl (C=O) groups excluding carboxylic acids is 1. The molecule has 1 saturated heterocycles. The molecular formula is C34H29F2N5O5S. The number of benzene rings is 3. The number of pyridine rings is 2. The molecule has 1 amide bonds. The fourth-order valence-electron chi connectivity index (χ4n) is 5.40. The smallest absolute Gasteiger partial charge is 0.306 e. The van der Waals surface area contributed by atoms with Crippen molar-refractivity contribution in [2.45, 2.75) is 17.7 Å². The average Bonchev–Trinajstić information content (AvgIpc) is 3.08. The van der Waals surface area contributed by atoms with Crippen LogP contribution < -0.4 is 15.3 Å². The van der Waals surface area contributed by atoms with Gasteiger partial charge in [-0.25, -0.2) is 18.7 Å². The van der Waals surface area contributed by atoms with Crippen LogP contribution in [0.5, 0.6) is 5.88 Å². The van der Waals surface area contributed by atoms with Gasteiger partial charge in [0, 0.05) is 47.4 Å². The van der Waals surface area contributed by atoms with E-state index < -0.39 is 23.5 Å². The van der Waals surface area contributed by atoms with Gasteiger partial charge in [-0.05, 0) is 84.4 Å². The molecule has 0 saturated carbocycles. The molecule has 10 nitrogen and oxygen atoms in total. The third-order valence-corrected chi connectivity index (χ3v) is 8.80. The minimum atomic E-state index is -0.821. The van der Waals surface area contributed by atoms with Gasteiger partial charge in [0.05, 0.1) is 23.4 Å². The van der Waals surface area contributed by atoms with Crippen LogP contribution in [0.15, 0.2) is 83.9 Å². The van der Waals surface area contributed by atoms with Crippen LogP contribution in [0.3, 0.4) is 0 Å². The summed E-state index contributed by atoms with van der Waals surface area (Å²) in [5.74, 6) is -2.30. The summed E-state index contributed by atoms with van der Waals surface area (Å²) in [4.78, 5) is 45.1. The molecule has 4 N–H and O–H groups in total. The van der Waals surface area contributed by atoms with Crippen molar-refractivity contribution in [1.82, 2.24) is 14.9 Å². The Hall–Kier alpha value is -5.27. The molecule has 0 unspecified atom stereocenters. The topological polar surface area (TPSA) is 140 Å². The monoisotopic (exact) mass is 657 g/mol. The van der Waals surface area contributed by atoms with E-state index in [1.807, 2.05) is 36.4 Å². The van der Waals surface area contributed by atoms with Crippen molar-refractivity contribution >= 4 is 46.2 Å². The van der Waals surface area contributed by atoms with Crippen LogP contribution in [0.1, 0.15) is 23.2 Å². The first-order chi connectivity index (χ1) is 22.7. The first-order valence-corrected chi connectivity index (χ1v) is 15.4. The van der Waals surface area contributed by atoms with E-state index in [-0.39, 0.29) is 16.7 Å². The summed E-state index contributed by atoms with van der Waals surface area (Å²) in [6.07, 6.45) is 2.48. The zero-order chi connectivity index (χ0) is 33.1. The Balaban J connectivity index is 1.24. The molecule has 240 valence electrons. The number of rotatable bonds is 9. The Morgan fingerprint density at radius 3 is 2.43 bits per heavy atom. The van der Waals surface area contributed by atoms with Crippen molar-refractivity contribution < 1.29 is 33.3 Å². The second-order valence-corrected chi connectivity index (χ2v) is 11.8. The van der Waals surface area contributed by atoms with Crippen LogP contribution in [-0.4, -0.2) is 52.1 Å². The van der Waals surface area contributed by atoms with Crippen LogP contribution in [0.2, 0.25) is 0 Å². The Bertz CT molecular complexity index is 1970. The molecule has 2 aromatic heterocycles. The molecule has 0 bridgehead atoms. The van der Waals surface area contributed by atoms with Crippen LogP contribution in [-0.2, 0) is 9.68 Å². The van der Waals surface area contributed by atoms with E-state index in [2.05, 4.69) is 14.7 Å². The molecule has 47 heavy (non-hydrogen) atoms. The summed E-state index contributed by atoms with van der Waals surface area (Å²) in [6.45, 7) is 0.810. The summed E-state index contributed by atoms with van der Waals surface area (Å²) >= 11 is 0.932. The van der Waals surface area contributed by atoms with E-state index in [0.717, 1.165) is 34.5 Å². The van der Waals surface area contributed by atoms with Crippen molar-refractivity contribution in [2.24, 2.45) is 5.92 Å². The van der Waals surface area contributed by atoms with E-state index in [1.54, 1.807) is 29.3 Å². The number of nitrogens with zero attached hydrogens (tertiary/aromatic N) is 3. The van der Waals surface area contributed by atoms with Gasteiger partial charge in [0.2, 0.25) is 0 Å². The highest BCUT2D eigenvalue weighted by Gasteiger charge is 2.27. The van der Waals surface area contributed by atoms with E-state index in [9.17, 15) is 23.5 Å².